The maximum atomic E-state index is 4.93. The second kappa shape index (κ2) is 15.7. The number of dihydropyridines is 1. The van der Waals surface area contributed by atoms with Gasteiger partial charge >= 0.3 is 0 Å². The predicted octanol–water partition coefficient (Wildman–Crippen LogP) is 15.0. The lowest BCUT2D eigenvalue weighted by atomic mass is 9.83. The quantitative estimate of drug-likeness (QED) is 0.113. The van der Waals surface area contributed by atoms with E-state index in [0.29, 0.717) is 5.92 Å². The first-order chi connectivity index (χ1) is 28.1. The van der Waals surface area contributed by atoms with Crippen molar-refractivity contribution in [2.24, 2.45) is 10.9 Å². The zero-order chi connectivity index (χ0) is 38.7. The van der Waals surface area contributed by atoms with Crippen molar-refractivity contribution in [2.75, 3.05) is 0 Å². The molecule has 1 aliphatic rings. The Morgan fingerprint density at radius 2 is 1.19 bits per heavy atom. The first kappa shape index (κ1) is 35.8. The number of hydrogen-bond donors (Lipinski definition) is 0. The second-order valence-corrected chi connectivity index (χ2v) is 15.0. The molecule has 7 aromatic carbocycles. The summed E-state index contributed by atoms with van der Waals surface area (Å²) in [5, 5.41) is 4.88. The first-order valence-electron chi connectivity index (χ1n) is 19.9. The van der Waals surface area contributed by atoms with Crippen LogP contribution in [0.2, 0.25) is 0 Å². The number of aliphatic imine (C=N–C) groups is 1. The highest BCUT2D eigenvalue weighted by Gasteiger charge is 2.22. The molecule has 0 N–H and O–H groups in total. The van der Waals surface area contributed by atoms with Gasteiger partial charge in [0.1, 0.15) is 0 Å². The van der Waals surface area contributed by atoms with Crippen LogP contribution in [0.1, 0.15) is 37.9 Å². The number of benzene rings is 7. The normalized spacial score (nSPS) is 15.5. The van der Waals surface area contributed by atoms with Gasteiger partial charge in [0.2, 0.25) is 0 Å². The lowest BCUT2D eigenvalue weighted by Crippen LogP contribution is -2.08. The highest BCUT2D eigenvalue weighted by molar-refractivity contribution is 6.22. The molecule has 0 bridgehead atoms. The van der Waals surface area contributed by atoms with Crippen LogP contribution in [0.15, 0.2) is 199 Å². The molecule has 2 heterocycles. The highest BCUT2D eigenvalue weighted by atomic mass is 14.8. The van der Waals surface area contributed by atoms with E-state index in [0.717, 1.165) is 11.3 Å². The number of aromatic nitrogens is 1. The molecule has 1 aromatic heterocycles. The molecule has 0 radical (unpaired) electrons. The van der Waals surface area contributed by atoms with Gasteiger partial charge in [0.25, 0.3) is 0 Å². The van der Waals surface area contributed by atoms with Crippen molar-refractivity contribution in [3.05, 3.63) is 205 Å². The number of pyridine rings is 1. The van der Waals surface area contributed by atoms with E-state index in [-0.39, 0.29) is 6.04 Å². The van der Waals surface area contributed by atoms with Crippen molar-refractivity contribution in [1.82, 2.24) is 4.98 Å². The fraction of sp³-hybridized carbons (Fsp3) is 0.0909. The van der Waals surface area contributed by atoms with E-state index in [2.05, 4.69) is 203 Å². The zero-order valence-corrected chi connectivity index (χ0v) is 32.6. The fourth-order valence-corrected chi connectivity index (χ4v) is 8.38. The highest BCUT2D eigenvalue weighted by Crippen LogP contribution is 2.46. The van der Waals surface area contributed by atoms with E-state index in [1.807, 2.05) is 18.5 Å². The van der Waals surface area contributed by atoms with Crippen LogP contribution in [0.5, 0.6) is 0 Å². The molecule has 0 saturated carbocycles. The van der Waals surface area contributed by atoms with Gasteiger partial charge in [-0.3, -0.25) is 9.98 Å². The Labute approximate surface area is 335 Å². The average molecular weight is 733 g/mol. The lowest BCUT2D eigenvalue weighted by Gasteiger charge is -2.22. The Hall–Kier alpha value is -6.90. The standard InChI is InChI=1S/C55H44N2/c1-4-5-16-37(2)45-33-46(39-18-7-6-8-19-39)35-47(34-45)40-27-28-50-51(36-40)54(43-22-14-23-44(32-43)55-38(3)17-15-30-57-55)49-25-10-9-24-48(49)53(50)42-21-13-20-41(31-42)52-26-11-12-29-56-52/h4-36,38,55H,1-3H3/b5-4-,37-16+. The summed E-state index contributed by atoms with van der Waals surface area (Å²) in [5.74, 6) is 0.315. The molecule has 0 amide bonds. The number of hydrogen-bond acceptors (Lipinski definition) is 2. The van der Waals surface area contributed by atoms with Crippen molar-refractivity contribution < 1.29 is 0 Å². The van der Waals surface area contributed by atoms with Gasteiger partial charge in [0.05, 0.1) is 11.7 Å². The lowest BCUT2D eigenvalue weighted by molar-refractivity contribution is 0.566. The molecule has 274 valence electrons. The Bertz CT molecular complexity index is 2880. The Morgan fingerprint density at radius 3 is 1.95 bits per heavy atom. The van der Waals surface area contributed by atoms with Crippen LogP contribution in [0.25, 0.3) is 82.9 Å². The predicted molar refractivity (Wildman–Crippen MR) is 244 cm³/mol. The molecule has 0 saturated heterocycles. The topological polar surface area (TPSA) is 25.2 Å². The fourth-order valence-electron chi connectivity index (χ4n) is 8.38. The minimum Gasteiger partial charge on any atom is -0.285 e. The van der Waals surface area contributed by atoms with Crippen molar-refractivity contribution >= 4 is 33.3 Å². The first-order valence-corrected chi connectivity index (χ1v) is 19.9. The molecule has 0 spiro atoms. The molecule has 57 heavy (non-hydrogen) atoms. The van der Waals surface area contributed by atoms with E-state index in [1.54, 1.807) is 0 Å². The van der Waals surface area contributed by atoms with E-state index < -0.39 is 0 Å². The van der Waals surface area contributed by atoms with Crippen molar-refractivity contribution in [1.29, 1.82) is 0 Å². The third-order valence-electron chi connectivity index (χ3n) is 11.3. The van der Waals surface area contributed by atoms with Gasteiger partial charge in [-0.2, -0.15) is 0 Å². The summed E-state index contributed by atoms with van der Waals surface area (Å²) in [4.78, 5) is 9.63. The number of allylic oxidation sites excluding steroid dienone is 5. The van der Waals surface area contributed by atoms with Gasteiger partial charge in [-0.25, -0.2) is 0 Å². The van der Waals surface area contributed by atoms with Crippen LogP contribution in [0.4, 0.5) is 0 Å². The summed E-state index contributed by atoms with van der Waals surface area (Å²) in [5.41, 5.74) is 15.3. The molecule has 1 aliphatic heterocycles. The van der Waals surface area contributed by atoms with Gasteiger partial charge in [-0.15, -0.1) is 0 Å². The van der Waals surface area contributed by atoms with Crippen LogP contribution < -0.4 is 0 Å². The van der Waals surface area contributed by atoms with Crippen molar-refractivity contribution in [2.45, 2.75) is 26.8 Å². The largest absolute Gasteiger partial charge is 0.285 e. The van der Waals surface area contributed by atoms with E-state index in [1.165, 1.54) is 82.8 Å². The van der Waals surface area contributed by atoms with Crippen LogP contribution in [-0.4, -0.2) is 11.2 Å². The monoisotopic (exact) mass is 732 g/mol. The maximum absolute atomic E-state index is 4.93. The molecule has 9 rings (SSSR count). The summed E-state index contributed by atoms with van der Waals surface area (Å²) < 4.78 is 0. The minimum atomic E-state index is 0.0784. The van der Waals surface area contributed by atoms with Crippen molar-refractivity contribution in [3.63, 3.8) is 0 Å². The average Bonchev–Trinajstić information content (AvgIpc) is 3.27. The van der Waals surface area contributed by atoms with Gasteiger partial charge in [0.15, 0.2) is 0 Å². The van der Waals surface area contributed by atoms with E-state index in [4.69, 9.17) is 9.98 Å². The van der Waals surface area contributed by atoms with Crippen LogP contribution >= 0.6 is 0 Å². The van der Waals surface area contributed by atoms with E-state index in [9.17, 15) is 0 Å². The molecular weight excluding hydrogens is 689 g/mol. The number of rotatable bonds is 8. The van der Waals surface area contributed by atoms with Gasteiger partial charge in [-0.05, 0) is 151 Å². The van der Waals surface area contributed by atoms with E-state index >= 15 is 0 Å². The molecule has 8 aromatic rings. The van der Waals surface area contributed by atoms with Crippen LogP contribution in [-0.2, 0) is 0 Å². The molecule has 2 unspecified atom stereocenters. The maximum Gasteiger partial charge on any atom is 0.0809 e. The molecule has 0 fully saturated rings. The Balaban J connectivity index is 1.33. The van der Waals surface area contributed by atoms with Crippen LogP contribution in [0.3, 0.4) is 0 Å². The van der Waals surface area contributed by atoms with Crippen LogP contribution in [0, 0.1) is 5.92 Å². The van der Waals surface area contributed by atoms with Gasteiger partial charge < -0.3 is 0 Å². The number of nitrogens with zero attached hydrogens (tertiary/aromatic N) is 2. The Morgan fingerprint density at radius 1 is 0.544 bits per heavy atom. The molecule has 2 heteroatoms. The molecule has 0 aliphatic carbocycles. The third-order valence-corrected chi connectivity index (χ3v) is 11.3. The van der Waals surface area contributed by atoms with Crippen molar-refractivity contribution in [3.8, 4) is 55.8 Å². The minimum absolute atomic E-state index is 0.0784. The molecule has 2 nitrogen and oxygen atoms in total. The summed E-state index contributed by atoms with van der Waals surface area (Å²) in [6, 6.07) is 57.8. The summed E-state index contributed by atoms with van der Waals surface area (Å²) in [7, 11) is 0. The SMILES string of the molecule is C/C=C\C=C(/C)c1cc(-c2ccccc2)cc(-c2ccc3c(-c4cccc(-c5ccccn5)c4)c4ccccc4c(-c4cccc(C5N=CC=CC5C)c4)c3c2)c1. The van der Waals surface area contributed by atoms with Gasteiger partial charge in [0, 0.05) is 23.9 Å². The summed E-state index contributed by atoms with van der Waals surface area (Å²) in [6.45, 7) is 6.51. The zero-order valence-electron chi connectivity index (χ0n) is 32.6. The number of fused-ring (bicyclic) bond motifs is 2. The molecular formula is C55H44N2. The van der Waals surface area contributed by atoms with Gasteiger partial charge in [-0.1, -0.05) is 140 Å². The Kier molecular flexibility index (Phi) is 9.85. The molecule has 2 atom stereocenters. The second-order valence-electron chi connectivity index (χ2n) is 15.0. The smallest absolute Gasteiger partial charge is 0.0809 e. The summed E-state index contributed by atoms with van der Waals surface area (Å²) >= 11 is 0. The summed E-state index contributed by atoms with van der Waals surface area (Å²) in [6.07, 6.45) is 14.5. The third kappa shape index (κ3) is 7.07.